The molecule has 3 heteroatoms. The molecule has 1 amide bonds. The molecule has 1 aliphatic heterocycles. The average Bonchev–Trinajstić information content (AvgIpc) is 2.58. The predicted molar refractivity (Wildman–Crippen MR) is 66.2 cm³/mol. The summed E-state index contributed by atoms with van der Waals surface area (Å²) >= 11 is 0. The second kappa shape index (κ2) is 5.15. The number of aliphatic hydroxyl groups is 1. The normalized spacial score (nSPS) is 24.8. The number of likely N-dealkylation sites (tertiary alicyclic amines) is 1. The van der Waals surface area contributed by atoms with Gasteiger partial charge in [-0.2, -0.15) is 0 Å². The standard InChI is InChI=1S/C14H17NO2/c1-2-6-12-13(16)9-14(17)15(12)10-11-7-4-3-5-8-11/h2-8,12-13,16H,9-10H2,1H3/b6-2-/t12-,13-/m0/s1. The van der Waals surface area contributed by atoms with Crippen LogP contribution in [0.15, 0.2) is 42.5 Å². The van der Waals surface area contributed by atoms with Crippen LogP contribution in [0.4, 0.5) is 0 Å². The maximum Gasteiger partial charge on any atom is 0.226 e. The highest BCUT2D eigenvalue weighted by Gasteiger charge is 2.36. The van der Waals surface area contributed by atoms with Gasteiger partial charge in [-0.25, -0.2) is 0 Å². The van der Waals surface area contributed by atoms with Crippen LogP contribution in [-0.4, -0.2) is 28.1 Å². The van der Waals surface area contributed by atoms with E-state index in [-0.39, 0.29) is 18.4 Å². The number of hydrogen-bond acceptors (Lipinski definition) is 2. The fourth-order valence-electron chi connectivity index (χ4n) is 2.19. The minimum Gasteiger partial charge on any atom is -0.390 e. The Balaban J connectivity index is 2.15. The smallest absolute Gasteiger partial charge is 0.226 e. The van der Waals surface area contributed by atoms with Crippen LogP contribution in [0.3, 0.4) is 0 Å². The van der Waals surface area contributed by atoms with E-state index in [0.29, 0.717) is 6.54 Å². The van der Waals surface area contributed by atoms with Crippen molar-refractivity contribution in [2.75, 3.05) is 0 Å². The first-order chi connectivity index (χ1) is 8.22. The summed E-state index contributed by atoms with van der Waals surface area (Å²) in [6.07, 6.45) is 3.41. The lowest BCUT2D eigenvalue weighted by atomic mass is 10.1. The third-order valence-corrected chi connectivity index (χ3v) is 3.04. The number of carbonyl (C=O) groups excluding carboxylic acids is 1. The van der Waals surface area contributed by atoms with Gasteiger partial charge in [-0.1, -0.05) is 42.5 Å². The van der Waals surface area contributed by atoms with Crippen molar-refractivity contribution in [1.29, 1.82) is 0 Å². The van der Waals surface area contributed by atoms with Crippen molar-refractivity contribution >= 4 is 5.91 Å². The quantitative estimate of drug-likeness (QED) is 0.805. The number of aliphatic hydroxyl groups excluding tert-OH is 1. The Kier molecular flexibility index (Phi) is 3.59. The van der Waals surface area contributed by atoms with Crippen molar-refractivity contribution in [3.05, 3.63) is 48.0 Å². The van der Waals surface area contributed by atoms with Gasteiger partial charge < -0.3 is 10.0 Å². The van der Waals surface area contributed by atoms with Gasteiger partial charge in [0.2, 0.25) is 5.91 Å². The van der Waals surface area contributed by atoms with E-state index >= 15 is 0 Å². The molecule has 0 saturated carbocycles. The number of carbonyl (C=O) groups is 1. The number of rotatable bonds is 3. The first kappa shape index (κ1) is 11.9. The van der Waals surface area contributed by atoms with Gasteiger partial charge >= 0.3 is 0 Å². The molecule has 0 unspecified atom stereocenters. The van der Waals surface area contributed by atoms with Gasteiger partial charge in [-0.3, -0.25) is 4.79 Å². The number of allylic oxidation sites excluding steroid dienone is 1. The van der Waals surface area contributed by atoms with E-state index in [0.717, 1.165) is 5.56 Å². The average molecular weight is 231 g/mol. The molecule has 90 valence electrons. The Labute approximate surface area is 101 Å². The SMILES string of the molecule is C/C=C\[C@H]1[C@@H](O)CC(=O)N1Cc1ccccc1. The molecule has 3 nitrogen and oxygen atoms in total. The molecule has 1 aromatic rings. The highest BCUT2D eigenvalue weighted by atomic mass is 16.3. The fraction of sp³-hybridized carbons (Fsp3) is 0.357. The van der Waals surface area contributed by atoms with Crippen molar-refractivity contribution in [3.63, 3.8) is 0 Å². The van der Waals surface area contributed by atoms with Gasteiger partial charge in [-0.15, -0.1) is 0 Å². The first-order valence-electron chi connectivity index (χ1n) is 5.86. The number of amides is 1. The third-order valence-electron chi connectivity index (χ3n) is 3.04. The van der Waals surface area contributed by atoms with Gasteiger partial charge in [0.1, 0.15) is 0 Å². The topological polar surface area (TPSA) is 40.5 Å². The zero-order chi connectivity index (χ0) is 12.3. The summed E-state index contributed by atoms with van der Waals surface area (Å²) in [7, 11) is 0. The highest BCUT2D eigenvalue weighted by Crippen LogP contribution is 2.22. The van der Waals surface area contributed by atoms with E-state index in [1.54, 1.807) is 4.90 Å². The molecule has 17 heavy (non-hydrogen) atoms. The van der Waals surface area contributed by atoms with Crippen molar-refractivity contribution < 1.29 is 9.90 Å². The lowest BCUT2D eigenvalue weighted by Gasteiger charge is -2.23. The van der Waals surface area contributed by atoms with E-state index in [1.165, 1.54) is 0 Å². The number of hydrogen-bond donors (Lipinski definition) is 1. The van der Waals surface area contributed by atoms with Crippen LogP contribution < -0.4 is 0 Å². The molecule has 2 atom stereocenters. The van der Waals surface area contributed by atoms with E-state index in [9.17, 15) is 9.90 Å². The molecule has 1 N–H and O–H groups in total. The van der Waals surface area contributed by atoms with Gasteiger partial charge in [0.15, 0.2) is 0 Å². The summed E-state index contributed by atoms with van der Waals surface area (Å²) in [6.45, 7) is 2.46. The van der Waals surface area contributed by atoms with Gasteiger partial charge in [0.05, 0.1) is 18.6 Å². The molecule has 1 fully saturated rings. The van der Waals surface area contributed by atoms with Crippen LogP contribution in [0.2, 0.25) is 0 Å². The molecule has 1 heterocycles. The van der Waals surface area contributed by atoms with E-state index in [2.05, 4.69) is 0 Å². The van der Waals surface area contributed by atoms with Crippen LogP contribution in [0.5, 0.6) is 0 Å². The molecule has 0 aromatic heterocycles. The maximum atomic E-state index is 11.8. The minimum atomic E-state index is -0.581. The molecule has 2 rings (SSSR count). The summed E-state index contributed by atoms with van der Waals surface area (Å²) in [5, 5.41) is 9.83. The maximum absolute atomic E-state index is 11.8. The largest absolute Gasteiger partial charge is 0.390 e. The van der Waals surface area contributed by atoms with Crippen molar-refractivity contribution in [3.8, 4) is 0 Å². The lowest BCUT2D eigenvalue weighted by Crippen LogP contribution is -2.34. The van der Waals surface area contributed by atoms with Crippen LogP contribution in [-0.2, 0) is 11.3 Å². The molecule has 0 aliphatic carbocycles. The molecule has 0 bridgehead atoms. The Morgan fingerprint density at radius 1 is 1.41 bits per heavy atom. The first-order valence-corrected chi connectivity index (χ1v) is 5.86. The monoisotopic (exact) mass is 231 g/mol. The highest BCUT2D eigenvalue weighted by molar-refractivity contribution is 5.80. The number of benzene rings is 1. The summed E-state index contributed by atoms with van der Waals surface area (Å²) in [5.74, 6) is 0.0180. The molecule has 0 spiro atoms. The molecular weight excluding hydrogens is 214 g/mol. The second-order valence-corrected chi connectivity index (χ2v) is 4.30. The molecule has 0 radical (unpaired) electrons. The van der Waals surface area contributed by atoms with Crippen LogP contribution >= 0.6 is 0 Å². The van der Waals surface area contributed by atoms with Gasteiger partial charge in [0, 0.05) is 6.54 Å². The van der Waals surface area contributed by atoms with Gasteiger partial charge in [0.25, 0.3) is 0 Å². The summed E-state index contributed by atoms with van der Waals surface area (Å²) in [5.41, 5.74) is 1.09. The van der Waals surface area contributed by atoms with Crippen LogP contribution in [0, 0.1) is 0 Å². The zero-order valence-corrected chi connectivity index (χ0v) is 9.91. The Morgan fingerprint density at radius 3 is 2.76 bits per heavy atom. The van der Waals surface area contributed by atoms with Crippen molar-refractivity contribution in [1.82, 2.24) is 4.90 Å². The van der Waals surface area contributed by atoms with E-state index < -0.39 is 6.10 Å². The molecular formula is C14H17NO2. The van der Waals surface area contributed by atoms with Crippen LogP contribution in [0.1, 0.15) is 18.9 Å². The van der Waals surface area contributed by atoms with Gasteiger partial charge in [-0.05, 0) is 12.5 Å². The minimum absolute atomic E-state index is 0.0180. The predicted octanol–water partition coefficient (Wildman–Crippen LogP) is 1.72. The summed E-state index contributed by atoms with van der Waals surface area (Å²) in [4.78, 5) is 13.5. The molecule has 1 aliphatic rings. The fourth-order valence-corrected chi connectivity index (χ4v) is 2.19. The van der Waals surface area contributed by atoms with Crippen LogP contribution in [0.25, 0.3) is 0 Å². The van der Waals surface area contributed by atoms with E-state index in [4.69, 9.17) is 0 Å². The summed E-state index contributed by atoms with van der Waals surface area (Å²) in [6, 6.07) is 9.66. The Morgan fingerprint density at radius 2 is 2.12 bits per heavy atom. The van der Waals surface area contributed by atoms with E-state index in [1.807, 2.05) is 49.4 Å². The zero-order valence-electron chi connectivity index (χ0n) is 9.91. The summed E-state index contributed by atoms with van der Waals surface area (Å²) < 4.78 is 0. The molecule has 1 aromatic carbocycles. The Bertz CT molecular complexity index is 413. The number of nitrogens with zero attached hydrogens (tertiary/aromatic N) is 1. The molecule has 1 saturated heterocycles. The second-order valence-electron chi connectivity index (χ2n) is 4.30. The van der Waals surface area contributed by atoms with Crippen molar-refractivity contribution in [2.24, 2.45) is 0 Å². The lowest BCUT2D eigenvalue weighted by molar-refractivity contribution is -0.129. The third kappa shape index (κ3) is 2.56. The Hall–Kier alpha value is -1.61. The van der Waals surface area contributed by atoms with Crippen molar-refractivity contribution in [2.45, 2.75) is 32.0 Å².